The summed E-state index contributed by atoms with van der Waals surface area (Å²) < 4.78 is 5.65. The monoisotopic (exact) mass is 242 g/mol. The first-order chi connectivity index (χ1) is 7.90. The van der Waals surface area contributed by atoms with Crippen molar-refractivity contribution in [1.82, 2.24) is 10.2 Å². The molecule has 1 aromatic heterocycles. The lowest BCUT2D eigenvalue weighted by Crippen LogP contribution is -2.02. The minimum absolute atomic E-state index is 0.483. The molecule has 4 heteroatoms. The van der Waals surface area contributed by atoms with Gasteiger partial charge in [-0.15, -0.1) is 21.8 Å². The SMILES string of the molecule is ClCCc1nnc(C2CCCCCCC2)o1. The molecule has 0 unspecified atom stereocenters. The number of rotatable bonds is 3. The molecule has 16 heavy (non-hydrogen) atoms. The Kier molecular flexibility index (Phi) is 4.64. The molecule has 0 aliphatic heterocycles. The minimum atomic E-state index is 0.483. The predicted octanol–water partition coefficient (Wildman–Crippen LogP) is 3.68. The van der Waals surface area contributed by atoms with E-state index >= 15 is 0 Å². The molecule has 0 bridgehead atoms. The van der Waals surface area contributed by atoms with Crippen LogP contribution in [0.2, 0.25) is 0 Å². The van der Waals surface area contributed by atoms with Crippen molar-refractivity contribution in [2.45, 2.75) is 57.3 Å². The lowest BCUT2D eigenvalue weighted by atomic mass is 9.91. The highest BCUT2D eigenvalue weighted by molar-refractivity contribution is 6.17. The van der Waals surface area contributed by atoms with E-state index in [1.54, 1.807) is 0 Å². The van der Waals surface area contributed by atoms with E-state index in [9.17, 15) is 0 Å². The van der Waals surface area contributed by atoms with E-state index in [1.165, 1.54) is 44.9 Å². The van der Waals surface area contributed by atoms with Gasteiger partial charge in [0.25, 0.3) is 0 Å². The van der Waals surface area contributed by atoms with Crippen LogP contribution >= 0.6 is 11.6 Å². The quantitative estimate of drug-likeness (QED) is 0.759. The van der Waals surface area contributed by atoms with E-state index < -0.39 is 0 Å². The highest BCUT2D eigenvalue weighted by atomic mass is 35.5. The van der Waals surface area contributed by atoms with Crippen LogP contribution in [-0.4, -0.2) is 16.1 Å². The van der Waals surface area contributed by atoms with Crippen LogP contribution in [0, 0.1) is 0 Å². The third-order valence-electron chi connectivity index (χ3n) is 3.25. The second-order valence-electron chi connectivity index (χ2n) is 4.52. The van der Waals surface area contributed by atoms with Crippen molar-refractivity contribution in [3.63, 3.8) is 0 Å². The molecule has 2 rings (SSSR count). The first-order valence-corrected chi connectivity index (χ1v) is 6.82. The van der Waals surface area contributed by atoms with E-state index in [4.69, 9.17) is 16.0 Å². The standard InChI is InChI=1S/C12H19ClN2O/c13-9-8-11-14-15-12(16-11)10-6-4-2-1-3-5-7-10/h10H,1-9H2. The Morgan fingerprint density at radius 2 is 1.75 bits per heavy atom. The lowest BCUT2D eigenvalue weighted by molar-refractivity contribution is 0.364. The van der Waals surface area contributed by atoms with Crippen LogP contribution in [0.4, 0.5) is 0 Å². The van der Waals surface area contributed by atoms with Crippen LogP contribution in [0.25, 0.3) is 0 Å². The molecule has 3 nitrogen and oxygen atoms in total. The fraction of sp³-hybridized carbons (Fsp3) is 0.833. The van der Waals surface area contributed by atoms with Gasteiger partial charge in [0, 0.05) is 18.2 Å². The van der Waals surface area contributed by atoms with Crippen molar-refractivity contribution in [2.75, 3.05) is 5.88 Å². The van der Waals surface area contributed by atoms with Crippen molar-refractivity contribution in [3.8, 4) is 0 Å². The van der Waals surface area contributed by atoms with Gasteiger partial charge < -0.3 is 4.42 Å². The van der Waals surface area contributed by atoms with E-state index in [0.29, 0.717) is 24.1 Å². The summed E-state index contributed by atoms with van der Waals surface area (Å²) in [7, 11) is 0. The number of hydrogen-bond donors (Lipinski definition) is 0. The van der Waals surface area contributed by atoms with Crippen LogP contribution in [0.15, 0.2) is 4.42 Å². The Labute approximate surface area is 102 Å². The van der Waals surface area contributed by atoms with E-state index in [-0.39, 0.29) is 0 Å². The molecule has 1 saturated carbocycles. The van der Waals surface area contributed by atoms with Gasteiger partial charge in [0.2, 0.25) is 11.8 Å². The van der Waals surface area contributed by atoms with Crippen LogP contribution in [-0.2, 0) is 6.42 Å². The zero-order chi connectivity index (χ0) is 11.2. The second kappa shape index (κ2) is 6.24. The third kappa shape index (κ3) is 3.21. The minimum Gasteiger partial charge on any atom is -0.425 e. The summed E-state index contributed by atoms with van der Waals surface area (Å²) in [4.78, 5) is 0. The van der Waals surface area contributed by atoms with Crippen LogP contribution in [0.5, 0.6) is 0 Å². The Hall–Kier alpha value is -0.570. The molecular formula is C12H19ClN2O. The predicted molar refractivity (Wildman–Crippen MR) is 63.8 cm³/mol. The Morgan fingerprint density at radius 3 is 2.44 bits per heavy atom. The van der Waals surface area contributed by atoms with Crippen LogP contribution in [0.1, 0.15) is 62.6 Å². The molecule has 0 saturated heterocycles. The molecule has 0 aromatic carbocycles. The number of halogens is 1. The van der Waals surface area contributed by atoms with Gasteiger partial charge in [0.05, 0.1) is 0 Å². The zero-order valence-electron chi connectivity index (χ0n) is 9.62. The molecule has 1 aromatic rings. The summed E-state index contributed by atoms with van der Waals surface area (Å²) >= 11 is 5.65. The summed E-state index contributed by atoms with van der Waals surface area (Å²) in [5, 5.41) is 8.19. The average Bonchev–Trinajstić information content (AvgIpc) is 2.66. The third-order valence-corrected chi connectivity index (χ3v) is 3.43. The van der Waals surface area contributed by atoms with Crippen molar-refractivity contribution in [2.24, 2.45) is 0 Å². The van der Waals surface area contributed by atoms with Gasteiger partial charge in [0.1, 0.15) is 0 Å². The molecular weight excluding hydrogens is 224 g/mol. The summed E-state index contributed by atoms with van der Waals surface area (Å²) in [5.74, 6) is 2.55. The fourth-order valence-corrected chi connectivity index (χ4v) is 2.48. The molecule has 1 heterocycles. The number of nitrogens with zero attached hydrogens (tertiary/aromatic N) is 2. The number of aryl methyl sites for hydroxylation is 1. The molecule has 0 amide bonds. The number of alkyl halides is 1. The fourth-order valence-electron chi connectivity index (χ4n) is 2.32. The summed E-state index contributed by atoms with van der Waals surface area (Å²) in [6.07, 6.45) is 9.73. The Balaban J connectivity index is 1.97. The summed E-state index contributed by atoms with van der Waals surface area (Å²) in [5.41, 5.74) is 0. The first kappa shape index (κ1) is 11.9. The van der Waals surface area contributed by atoms with Gasteiger partial charge in [-0.1, -0.05) is 32.1 Å². The smallest absolute Gasteiger partial charge is 0.219 e. The second-order valence-corrected chi connectivity index (χ2v) is 4.89. The maximum atomic E-state index is 5.65. The highest BCUT2D eigenvalue weighted by Gasteiger charge is 2.19. The largest absolute Gasteiger partial charge is 0.425 e. The average molecular weight is 243 g/mol. The van der Waals surface area contributed by atoms with E-state index in [0.717, 1.165) is 5.89 Å². The van der Waals surface area contributed by atoms with Gasteiger partial charge in [-0.05, 0) is 12.8 Å². The van der Waals surface area contributed by atoms with Crippen molar-refractivity contribution >= 4 is 11.6 Å². The highest BCUT2D eigenvalue weighted by Crippen LogP contribution is 2.29. The van der Waals surface area contributed by atoms with Gasteiger partial charge in [-0.2, -0.15) is 0 Å². The maximum absolute atomic E-state index is 5.65. The first-order valence-electron chi connectivity index (χ1n) is 6.28. The molecule has 1 fully saturated rings. The molecule has 1 aliphatic carbocycles. The van der Waals surface area contributed by atoms with E-state index in [2.05, 4.69) is 10.2 Å². The Morgan fingerprint density at radius 1 is 1.06 bits per heavy atom. The summed E-state index contributed by atoms with van der Waals surface area (Å²) in [6, 6.07) is 0. The molecule has 0 N–H and O–H groups in total. The molecule has 90 valence electrons. The molecule has 0 atom stereocenters. The van der Waals surface area contributed by atoms with Crippen molar-refractivity contribution in [3.05, 3.63) is 11.8 Å². The van der Waals surface area contributed by atoms with Crippen LogP contribution < -0.4 is 0 Å². The lowest BCUT2D eigenvalue weighted by Gasteiger charge is -2.15. The number of hydrogen-bond acceptors (Lipinski definition) is 3. The van der Waals surface area contributed by atoms with Crippen molar-refractivity contribution < 1.29 is 4.42 Å². The van der Waals surface area contributed by atoms with Gasteiger partial charge in [-0.3, -0.25) is 0 Å². The topological polar surface area (TPSA) is 38.9 Å². The van der Waals surface area contributed by atoms with Crippen molar-refractivity contribution in [1.29, 1.82) is 0 Å². The molecule has 0 spiro atoms. The van der Waals surface area contributed by atoms with Gasteiger partial charge in [0.15, 0.2) is 0 Å². The molecule has 0 radical (unpaired) electrons. The number of aromatic nitrogens is 2. The van der Waals surface area contributed by atoms with E-state index in [1.807, 2.05) is 0 Å². The Bertz CT molecular complexity index is 306. The van der Waals surface area contributed by atoms with Gasteiger partial charge >= 0.3 is 0 Å². The van der Waals surface area contributed by atoms with Crippen LogP contribution in [0.3, 0.4) is 0 Å². The normalized spacial score (nSPS) is 19.3. The zero-order valence-corrected chi connectivity index (χ0v) is 10.4. The summed E-state index contributed by atoms with van der Waals surface area (Å²) in [6.45, 7) is 0. The maximum Gasteiger partial charge on any atom is 0.219 e. The van der Waals surface area contributed by atoms with Gasteiger partial charge in [-0.25, -0.2) is 0 Å². The molecule has 1 aliphatic rings.